The minimum Gasteiger partial charge on any atom is -0.354 e. The van der Waals surface area contributed by atoms with Crippen LogP contribution in [0.5, 0.6) is 0 Å². The van der Waals surface area contributed by atoms with Crippen molar-refractivity contribution >= 4 is 33.7 Å². The third-order valence-corrected chi connectivity index (χ3v) is 10.8. The summed E-state index contributed by atoms with van der Waals surface area (Å²) in [6, 6.07) is 43.8. The van der Waals surface area contributed by atoms with Crippen LogP contribution in [0.1, 0.15) is 17.0 Å². The van der Waals surface area contributed by atoms with Crippen LogP contribution in [0, 0.1) is 23.3 Å². The first-order chi connectivity index (χ1) is 27.5. The molecule has 266 valence electrons. The Hall–Kier alpha value is -7.32. The number of fused-ring (bicyclic) bond motifs is 14. The Kier molecular flexibility index (Phi) is 6.94. The molecule has 8 heteroatoms. The number of nitrogens with zero attached hydrogens (tertiary/aromatic N) is 2. The van der Waals surface area contributed by atoms with Gasteiger partial charge in [-0.25, -0.2) is 27.5 Å². The largest absolute Gasteiger partial charge is 0.354 e. The third-order valence-electron chi connectivity index (χ3n) is 10.8. The van der Waals surface area contributed by atoms with Crippen molar-refractivity contribution in [2.75, 3.05) is 0 Å². The van der Waals surface area contributed by atoms with Gasteiger partial charge in [0.1, 0.15) is 0 Å². The molecule has 8 bridgehead atoms. The average molecular weight is 735 g/mol. The Morgan fingerprint density at radius 3 is 1.25 bits per heavy atom. The van der Waals surface area contributed by atoms with Gasteiger partial charge in [-0.05, 0) is 58.2 Å². The van der Waals surface area contributed by atoms with Crippen molar-refractivity contribution < 1.29 is 17.6 Å². The van der Waals surface area contributed by atoms with Crippen LogP contribution in [0.15, 0.2) is 140 Å². The molecule has 3 aromatic heterocycles. The predicted molar refractivity (Wildman–Crippen MR) is 214 cm³/mol. The van der Waals surface area contributed by atoms with Crippen LogP contribution >= 0.6 is 0 Å². The van der Waals surface area contributed by atoms with E-state index in [4.69, 9.17) is 9.97 Å². The number of rotatable bonds is 3. The molecule has 5 aromatic carbocycles. The van der Waals surface area contributed by atoms with Crippen molar-refractivity contribution in [2.24, 2.45) is 0 Å². The molecule has 0 amide bonds. The van der Waals surface area contributed by atoms with E-state index in [9.17, 15) is 0 Å². The number of aromatic nitrogens is 4. The number of benzene rings is 5. The maximum atomic E-state index is 16.5. The van der Waals surface area contributed by atoms with Gasteiger partial charge in [0.05, 0.1) is 33.9 Å². The van der Waals surface area contributed by atoms with Gasteiger partial charge in [-0.1, -0.05) is 115 Å². The normalized spacial score (nSPS) is 12.4. The van der Waals surface area contributed by atoms with E-state index in [0.29, 0.717) is 38.8 Å². The van der Waals surface area contributed by atoms with Crippen LogP contribution in [0.4, 0.5) is 17.6 Å². The number of H-pyrrole nitrogens is 2. The van der Waals surface area contributed by atoms with Gasteiger partial charge in [-0.3, -0.25) is 0 Å². The fourth-order valence-electron chi connectivity index (χ4n) is 8.41. The van der Waals surface area contributed by atoms with Crippen molar-refractivity contribution in [3.8, 4) is 67.0 Å². The highest BCUT2D eigenvalue weighted by Gasteiger charge is 2.36. The fourth-order valence-corrected chi connectivity index (χ4v) is 8.41. The highest BCUT2D eigenvalue weighted by molar-refractivity contribution is 6.13. The molecule has 8 aromatic rings. The number of halogens is 4. The Balaban J connectivity index is 1.42. The summed E-state index contributed by atoms with van der Waals surface area (Å²) >= 11 is 0. The molecule has 5 heterocycles. The molecule has 0 fully saturated rings. The van der Waals surface area contributed by atoms with E-state index >= 15 is 17.6 Å². The van der Waals surface area contributed by atoms with Gasteiger partial charge in [0.15, 0.2) is 23.3 Å². The Labute approximate surface area is 317 Å². The Morgan fingerprint density at radius 1 is 0.339 bits per heavy atom. The van der Waals surface area contributed by atoms with E-state index in [1.54, 1.807) is 0 Å². The lowest BCUT2D eigenvalue weighted by Crippen LogP contribution is -2.01. The van der Waals surface area contributed by atoms with Gasteiger partial charge in [0.25, 0.3) is 0 Å². The lowest BCUT2D eigenvalue weighted by atomic mass is 9.94. The fraction of sp³-hybridized carbons (Fsp3) is 0. The van der Waals surface area contributed by atoms with Crippen molar-refractivity contribution in [1.29, 1.82) is 0 Å². The van der Waals surface area contributed by atoms with Gasteiger partial charge >= 0.3 is 0 Å². The van der Waals surface area contributed by atoms with Gasteiger partial charge in [-0.2, -0.15) is 0 Å². The predicted octanol–water partition coefficient (Wildman–Crippen LogP) is 12.8. The zero-order valence-corrected chi connectivity index (χ0v) is 29.3. The topological polar surface area (TPSA) is 57.4 Å². The zero-order valence-electron chi connectivity index (χ0n) is 29.3. The minimum absolute atomic E-state index is 0.0417. The van der Waals surface area contributed by atoms with Gasteiger partial charge in [-0.15, -0.1) is 0 Å². The Bertz CT molecular complexity index is 3130. The summed E-state index contributed by atoms with van der Waals surface area (Å²) in [4.78, 5) is 17.5. The maximum absolute atomic E-state index is 16.5. The zero-order chi connectivity index (χ0) is 37.7. The summed E-state index contributed by atoms with van der Waals surface area (Å²) in [7, 11) is 0. The van der Waals surface area contributed by atoms with Crippen molar-refractivity contribution in [3.63, 3.8) is 0 Å². The molecule has 0 radical (unpaired) electrons. The number of hydrogen-bond acceptors (Lipinski definition) is 2. The van der Waals surface area contributed by atoms with Crippen LogP contribution < -0.4 is 0 Å². The molecule has 0 saturated carbocycles. The molecule has 0 unspecified atom stereocenters. The molecule has 0 saturated heterocycles. The van der Waals surface area contributed by atoms with Crippen LogP contribution in [-0.4, -0.2) is 19.9 Å². The number of nitrogens with one attached hydrogen (secondary N) is 2. The third kappa shape index (κ3) is 4.59. The molecule has 0 atom stereocenters. The standard InChI is InChI=1S/C48H26F4N4/c49-42-40-41(43(50)45(52)44(42)51)48-38(27-16-8-3-9-17-27)33-22-23-34(54-33)39-29-19-11-10-18-28(29)30-24-35(55-46(30)39)36(25-12-4-1-5-13-25)31-20-21-32(53-31)37(47(40)56-48)26-14-6-2-7-15-26/h1-24,53-54H. The van der Waals surface area contributed by atoms with Crippen LogP contribution in [-0.2, 0) is 0 Å². The molecule has 56 heavy (non-hydrogen) atoms. The summed E-state index contributed by atoms with van der Waals surface area (Å²) in [6.07, 6.45) is 2.11. The lowest BCUT2D eigenvalue weighted by molar-refractivity contribution is 0.413. The lowest BCUT2D eigenvalue weighted by Gasteiger charge is -2.11. The van der Waals surface area contributed by atoms with Crippen molar-refractivity contribution in [2.45, 2.75) is 0 Å². The number of aromatic amines is 2. The smallest absolute Gasteiger partial charge is 0.198 e. The van der Waals surface area contributed by atoms with E-state index < -0.39 is 34.4 Å². The van der Waals surface area contributed by atoms with Gasteiger partial charge in [0.2, 0.25) is 0 Å². The molecule has 4 nitrogen and oxygen atoms in total. The van der Waals surface area contributed by atoms with Gasteiger partial charge in [0, 0.05) is 49.9 Å². The molecule has 3 aliphatic rings. The molecular weight excluding hydrogens is 709 g/mol. The second-order valence-electron chi connectivity index (χ2n) is 13.9. The first-order valence-corrected chi connectivity index (χ1v) is 18.1. The van der Waals surface area contributed by atoms with Crippen LogP contribution in [0.2, 0.25) is 0 Å². The highest BCUT2D eigenvalue weighted by Crippen LogP contribution is 2.51. The highest BCUT2D eigenvalue weighted by atomic mass is 19.2. The van der Waals surface area contributed by atoms with E-state index in [0.717, 1.165) is 50.3 Å². The van der Waals surface area contributed by atoms with Crippen LogP contribution in [0.25, 0.3) is 101 Å². The molecule has 2 N–H and O–H groups in total. The van der Waals surface area contributed by atoms with E-state index in [1.165, 1.54) is 0 Å². The van der Waals surface area contributed by atoms with Crippen molar-refractivity contribution in [1.82, 2.24) is 19.9 Å². The molecule has 11 rings (SSSR count). The minimum atomic E-state index is -1.91. The molecule has 2 aliphatic heterocycles. The van der Waals surface area contributed by atoms with Crippen molar-refractivity contribution in [3.05, 3.63) is 180 Å². The average Bonchev–Trinajstić information content (AvgIpc) is 4.08. The second-order valence-corrected chi connectivity index (χ2v) is 13.9. The summed E-state index contributed by atoms with van der Waals surface area (Å²) in [5, 5.41) is 0. The molecule has 1 aliphatic carbocycles. The summed E-state index contributed by atoms with van der Waals surface area (Å²) in [5.74, 6) is -6.87. The second kappa shape index (κ2) is 12.1. The number of hydrogen-bond donors (Lipinski definition) is 2. The van der Waals surface area contributed by atoms with E-state index in [2.05, 4.69) is 28.2 Å². The quantitative estimate of drug-likeness (QED) is 0.108. The summed E-state index contributed by atoms with van der Waals surface area (Å²) < 4.78 is 63.9. The Morgan fingerprint density at radius 2 is 0.750 bits per heavy atom. The summed E-state index contributed by atoms with van der Waals surface area (Å²) in [6.45, 7) is 0. The summed E-state index contributed by atoms with van der Waals surface area (Å²) in [5.41, 5.74) is 10.5. The van der Waals surface area contributed by atoms with Gasteiger partial charge < -0.3 is 9.97 Å². The maximum Gasteiger partial charge on any atom is 0.198 e. The monoisotopic (exact) mass is 734 g/mol. The molecular formula is C48H26F4N4. The van der Waals surface area contributed by atoms with Crippen LogP contribution in [0.3, 0.4) is 0 Å². The van der Waals surface area contributed by atoms with E-state index in [-0.39, 0.29) is 11.4 Å². The van der Waals surface area contributed by atoms with E-state index in [1.807, 2.05) is 127 Å². The SMILES string of the molecule is Fc1c(F)c(F)c2c(c1F)-c1nc-2c(-c2ccccc2)c2ccc([nH]2)c2c3nc(c(-c4ccccc4)c4ccc([nH]4)c1-c1ccccc1)C=C3c1ccccc1-2. The first-order valence-electron chi connectivity index (χ1n) is 18.1. The molecule has 0 spiro atoms. The first kappa shape index (κ1) is 32.1.